The maximum Gasteiger partial charge on any atom is 0.257 e. The normalized spacial score (nSPS) is 11.0. The van der Waals surface area contributed by atoms with E-state index in [1.54, 1.807) is 7.11 Å². The highest BCUT2D eigenvalue weighted by molar-refractivity contribution is 7.89. The Labute approximate surface area is 153 Å². The Bertz CT molecular complexity index is 818. The summed E-state index contributed by atoms with van der Waals surface area (Å²) in [4.78, 5) is 11.3. The molecule has 0 radical (unpaired) electrons. The van der Waals surface area contributed by atoms with E-state index in [1.165, 1.54) is 31.3 Å². The van der Waals surface area contributed by atoms with Gasteiger partial charge in [0.25, 0.3) is 5.91 Å². The first-order chi connectivity index (χ1) is 12.4. The van der Waals surface area contributed by atoms with Crippen molar-refractivity contribution in [2.45, 2.75) is 11.3 Å². The molecule has 0 fully saturated rings. The Morgan fingerprint density at radius 1 is 1.00 bits per heavy atom. The van der Waals surface area contributed by atoms with Crippen molar-refractivity contribution in [1.82, 2.24) is 10.0 Å². The fourth-order valence-electron chi connectivity index (χ4n) is 2.14. The Morgan fingerprint density at radius 2 is 1.62 bits per heavy atom. The van der Waals surface area contributed by atoms with Crippen LogP contribution in [0.3, 0.4) is 0 Å². The first-order valence-corrected chi connectivity index (χ1v) is 9.49. The van der Waals surface area contributed by atoms with Crippen LogP contribution in [0.2, 0.25) is 0 Å². The molecule has 8 heteroatoms. The molecule has 2 N–H and O–H groups in total. The van der Waals surface area contributed by atoms with Crippen molar-refractivity contribution in [3.05, 3.63) is 54.1 Å². The van der Waals surface area contributed by atoms with Crippen molar-refractivity contribution >= 4 is 15.9 Å². The van der Waals surface area contributed by atoms with Gasteiger partial charge in [-0.15, -0.1) is 0 Å². The van der Waals surface area contributed by atoms with Crippen LogP contribution in [0.1, 0.15) is 5.56 Å². The highest BCUT2D eigenvalue weighted by atomic mass is 32.2. The number of hydrogen-bond acceptors (Lipinski definition) is 5. The average Bonchev–Trinajstić information content (AvgIpc) is 2.66. The predicted molar refractivity (Wildman–Crippen MR) is 97.9 cm³/mol. The number of nitrogens with one attached hydrogen (secondary N) is 2. The lowest BCUT2D eigenvalue weighted by atomic mass is 10.1. The van der Waals surface area contributed by atoms with E-state index < -0.39 is 10.0 Å². The van der Waals surface area contributed by atoms with Gasteiger partial charge >= 0.3 is 0 Å². The summed E-state index contributed by atoms with van der Waals surface area (Å²) in [7, 11) is -0.497. The van der Waals surface area contributed by atoms with Crippen LogP contribution >= 0.6 is 0 Å². The van der Waals surface area contributed by atoms with Crippen molar-refractivity contribution in [2.75, 3.05) is 27.3 Å². The van der Waals surface area contributed by atoms with Gasteiger partial charge in [0, 0.05) is 13.6 Å². The molecule has 1 amide bonds. The molecule has 2 aromatic rings. The largest absolute Gasteiger partial charge is 0.497 e. The average molecular weight is 378 g/mol. The molecule has 7 nitrogen and oxygen atoms in total. The van der Waals surface area contributed by atoms with Crippen molar-refractivity contribution in [2.24, 2.45) is 0 Å². The highest BCUT2D eigenvalue weighted by Crippen LogP contribution is 2.16. The molecule has 0 aliphatic heterocycles. The third-order valence-electron chi connectivity index (χ3n) is 3.65. The number of ether oxygens (including phenoxy) is 2. The molecule has 0 aliphatic rings. The number of benzene rings is 2. The van der Waals surface area contributed by atoms with Crippen LogP contribution in [0.4, 0.5) is 0 Å². The van der Waals surface area contributed by atoms with Crippen molar-refractivity contribution in [3.63, 3.8) is 0 Å². The Morgan fingerprint density at radius 3 is 2.19 bits per heavy atom. The summed E-state index contributed by atoms with van der Waals surface area (Å²) in [6.45, 7) is 0.159. The van der Waals surface area contributed by atoms with E-state index in [9.17, 15) is 13.2 Å². The van der Waals surface area contributed by atoms with Crippen LogP contribution in [-0.2, 0) is 21.2 Å². The van der Waals surface area contributed by atoms with E-state index in [-0.39, 0.29) is 24.0 Å². The number of methoxy groups -OCH3 is 1. The van der Waals surface area contributed by atoms with Crippen LogP contribution in [0, 0.1) is 0 Å². The van der Waals surface area contributed by atoms with E-state index in [2.05, 4.69) is 10.0 Å². The van der Waals surface area contributed by atoms with Crippen molar-refractivity contribution in [1.29, 1.82) is 0 Å². The SMILES string of the molecule is CNC(=O)COc1ccc(S(=O)(=O)NCCc2ccc(OC)cc2)cc1. The third kappa shape index (κ3) is 5.75. The Balaban J connectivity index is 1.89. The lowest BCUT2D eigenvalue weighted by Gasteiger charge is -2.09. The summed E-state index contributed by atoms with van der Waals surface area (Å²) in [6, 6.07) is 13.4. The summed E-state index contributed by atoms with van der Waals surface area (Å²) in [5, 5.41) is 2.44. The van der Waals surface area contributed by atoms with Gasteiger partial charge in [0.05, 0.1) is 12.0 Å². The molecule has 0 saturated carbocycles. The van der Waals surface area contributed by atoms with Crippen molar-refractivity contribution in [3.8, 4) is 11.5 Å². The summed E-state index contributed by atoms with van der Waals surface area (Å²) >= 11 is 0. The number of rotatable bonds is 9. The van der Waals surface area contributed by atoms with E-state index in [0.717, 1.165) is 11.3 Å². The summed E-state index contributed by atoms with van der Waals surface area (Å²) in [6.07, 6.45) is 0.566. The topological polar surface area (TPSA) is 93.7 Å². The lowest BCUT2D eigenvalue weighted by molar-refractivity contribution is -0.122. The number of likely N-dealkylation sites (N-methyl/N-ethyl adjacent to an activating group) is 1. The van der Waals surface area contributed by atoms with Gasteiger partial charge in [-0.25, -0.2) is 13.1 Å². The van der Waals surface area contributed by atoms with E-state index in [4.69, 9.17) is 9.47 Å². The zero-order chi connectivity index (χ0) is 19.0. The summed E-state index contributed by atoms with van der Waals surface area (Å²) < 4.78 is 37.5. The van der Waals surface area contributed by atoms with Gasteiger partial charge in [0.1, 0.15) is 11.5 Å². The minimum absolute atomic E-state index is 0.122. The number of amides is 1. The maximum atomic E-state index is 12.3. The number of hydrogen-bond donors (Lipinski definition) is 2. The number of carbonyl (C=O) groups is 1. The van der Waals surface area contributed by atoms with E-state index >= 15 is 0 Å². The van der Waals surface area contributed by atoms with Crippen LogP contribution in [0.25, 0.3) is 0 Å². The molecule has 140 valence electrons. The fourth-order valence-corrected chi connectivity index (χ4v) is 3.17. The van der Waals surface area contributed by atoms with Gasteiger partial charge in [0.2, 0.25) is 10.0 Å². The molecule has 0 spiro atoms. The lowest BCUT2D eigenvalue weighted by Crippen LogP contribution is -2.26. The van der Waals surface area contributed by atoms with Crippen molar-refractivity contribution < 1.29 is 22.7 Å². The highest BCUT2D eigenvalue weighted by Gasteiger charge is 2.13. The molecule has 0 heterocycles. The van der Waals surface area contributed by atoms with Gasteiger partial charge in [-0.3, -0.25) is 4.79 Å². The van der Waals surface area contributed by atoms with Gasteiger partial charge < -0.3 is 14.8 Å². The molecule has 0 saturated heterocycles. The maximum absolute atomic E-state index is 12.3. The van der Waals surface area contributed by atoms with Crippen LogP contribution < -0.4 is 19.5 Å². The first-order valence-electron chi connectivity index (χ1n) is 8.00. The van der Waals surface area contributed by atoms with Gasteiger partial charge in [0.15, 0.2) is 6.61 Å². The molecule has 0 aromatic heterocycles. The second-order valence-corrected chi connectivity index (χ2v) is 7.20. The summed E-state index contributed by atoms with van der Waals surface area (Å²) in [5.41, 5.74) is 1.01. The van der Waals surface area contributed by atoms with E-state index in [1.807, 2.05) is 24.3 Å². The van der Waals surface area contributed by atoms with Gasteiger partial charge in [-0.1, -0.05) is 12.1 Å². The van der Waals surface area contributed by atoms with Gasteiger partial charge in [-0.2, -0.15) is 0 Å². The molecular formula is C18H22N2O5S. The molecule has 2 aromatic carbocycles. The number of carbonyl (C=O) groups excluding carboxylic acids is 1. The smallest absolute Gasteiger partial charge is 0.257 e. The van der Waals surface area contributed by atoms with E-state index in [0.29, 0.717) is 12.2 Å². The summed E-state index contributed by atoms with van der Waals surface area (Å²) in [5.74, 6) is 0.917. The molecule has 0 aliphatic carbocycles. The fraction of sp³-hybridized carbons (Fsp3) is 0.278. The predicted octanol–water partition coefficient (Wildman–Crippen LogP) is 1.34. The minimum Gasteiger partial charge on any atom is -0.497 e. The van der Waals surface area contributed by atoms with Gasteiger partial charge in [-0.05, 0) is 48.4 Å². The molecule has 26 heavy (non-hydrogen) atoms. The second-order valence-electron chi connectivity index (χ2n) is 5.43. The molecular weight excluding hydrogens is 356 g/mol. The zero-order valence-electron chi connectivity index (χ0n) is 14.7. The Hall–Kier alpha value is -2.58. The molecule has 0 atom stereocenters. The monoisotopic (exact) mass is 378 g/mol. The first kappa shape index (κ1) is 19.7. The Kier molecular flexibility index (Phi) is 6.99. The minimum atomic E-state index is -3.61. The van der Waals surface area contributed by atoms with Crippen LogP contribution in [0.15, 0.2) is 53.4 Å². The standard InChI is InChI=1S/C18H22N2O5S/c1-19-18(21)13-25-16-7-9-17(10-8-16)26(22,23)20-12-11-14-3-5-15(24-2)6-4-14/h3-10,20H,11-13H2,1-2H3,(H,19,21). The molecule has 0 bridgehead atoms. The van der Waals surface area contributed by atoms with Crippen LogP contribution in [-0.4, -0.2) is 41.6 Å². The third-order valence-corrected chi connectivity index (χ3v) is 5.12. The number of sulfonamides is 1. The quantitative estimate of drug-likeness (QED) is 0.687. The second kappa shape index (κ2) is 9.21. The zero-order valence-corrected chi connectivity index (χ0v) is 15.5. The van der Waals surface area contributed by atoms with Crippen LogP contribution in [0.5, 0.6) is 11.5 Å². The molecule has 2 rings (SSSR count). The molecule has 0 unspecified atom stereocenters.